The van der Waals surface area contributed by atoms with Gasteiger partial charge >= 0.3 is 0 Å². The van der Waals surface area contributed by atoms with E-state index in [1.165, 1.54) is 0 Å². The zero-order valence-corrected chi connectivity index (χ0v) is 14.1. The standard InChI is InChI=1S/C18H21ClN2O2/c1-13-5-3-6-15(11-13)23-10-9-20-18(22)12-21-17-8-4-7-16(19)14(17)2/h3-8,11,21H,9-10,12H2,1-2H3,(H,20,22). The monoisotopic (exact) mass is 332 g/mol. The molecule has 0 bridgehead atoms. The van der Waals surface area contributed by atoms with Gasteiger partial charge < -0.3 is 15.4 Å². The Balaban J connectivity index is 1.68. The molecule has 0 aromatic heterocycles. The van der Waals surface area contributed by atoms with E-state index in [1.54, 1.807) is 0 Å². The third-order valence-corrected chi connectivity index (χ3v) is 3.80. The van der Waals surface area contributed by atoms with Crippen LogP contribution in [-0.4, -0.2) is 25.6 Å². The van der Waals surface area contributed by atoms with Gasteiger partial charge in [-0.3, -0.25) is 4.79 Å². The van der Waals surface area contributed by atoms with Gasteiger partial charge in [0.2, 0.25) is 5.91 Å². The number of amides is 1. The lowest BCUT2D eigenvalue weighted by Gasteiger charge is -2.11. The summed E-state index contributed by atoms with van der Waals surface area (Å²) in [4.78, 5) is 11.8. The van der Waals surface area contributed by atoms with E-state index in [2.05, 4.69) is 10.6 Å². The third kappa shape index (κ3) is 5.49. The van der Waals surface area contributed by atoms with Crippen LogP contribution in [0.4, 0.5) is 5.69 Å². The molecule has 1 amide bonds. The maximum Gasteiger partial charge on any atom is 0.239 e. The molecular weight excluding hydrogens is 312 g/mol. The van der Waals surface area contributed by atoms with Crippen molar-refractivity contribution in [3.05, 3.63) is 58.6 Å². The molecule has 2 aromatic carbocycles. The van der Waals surface area contributed by atoms with Crippen LogP contribution in [0.2, 0.25) is 5.02 Å². The van der Waals surface area contributed by atoms with Crippen LogP contribution in [0.3, 0.4) is 0 Å². The SMILES string of the molecule is Cc1cccc(OCCNC(=O)CNc2cccc(Cl)c2C)c1. The molecule has 23 heavy (non-hydrogen) atoms. The first kappa shape index (κ1) is 17.2. The number of carbonyl (C=O) groups excluding carboxylic acids is 1. The summed E-state index contributed by atoms with van der Waals surface area (Å²) in [6.07, 6.45) is 0. The zero-order valence-electron chi connectivity index (χ0n) is 13.4. The van der Waals surface area contributed by atoms with Gasteiger partial charge in [0.25, 0.3) is 0 Å². The number of ether oxygens (including phenoxy) is 1. The van der Waals surface area contributed by atoms with Crippen molar-refractivity contribution in [1.29, 1.82) is 0 Å². The highest BCUT2D eigenvalue weighted by atomic mass is 35.5. The molecule has 0 radical (unpaired) electrons. The fraction of sp³-hybridized carbons (Fsp3) is 0.278. The van der Waals surface area contributed by atoms with E-state index in [9.17, 15) is 4.79 Å². The van der Waals surface area contributed by atoms with Crippen LogP contribution in [0, 0.1) is 13.8 Å². The molecule has 4 nitrogen and oxygen atoms in total. The average molecular weight is 333 g/mol. The Morgan fingerprint density at radius 1 is 1.17 bits per heavy atom. The van der Waals surface area contributed by atoms with E-state index >= 15 is 0 Å². The fourth-order valence-corrected chi connectivity index (χ4v) is 2.28. The summed E-state index contributed by atoms with van der Waals surface area (Å²) in [7, 11) is 0. The van der Waals surface area contributed by atoms with E-state index in [0.717, 1.165) is 22.6 Å². The predicted octanol–water partition coefficient (Wildman–Crippen LogP) is 3.56. The van der Waals surface area contributed by atoms with E-state index < -0.39 is 0 Å². The molecule has 2 N–H and O–H groups in total. The third-order valence-electron chi connectivity index (χ3n) is 3.39. The largest absolute Gasteiger partial charge is 0.492 e. The quantitative estimate of drug-likeness (QED) is 0.762. The molecule has 0 fully saturated rings. The molecule has 0 aliphatic rings. The summed E-state index contributed by atoms with van der Waals surface area (Å²) < 4.78 is 5.58. The van der Waals surface area contributed by atoms with E-state index in [-0.39, 0.29) is 12.5 Å². The van der Waals surface area contributed by atoms with Crippen LogP contribution in [-0.2, 0) is 4.79 Å². The first-order chi connectivity index (χ1) is 11.1. The minimum absolute atomic E-state index is 0.0859. The van der Waals surface area contributed by atoms with E-state index in [0.29, 0.717) is 18.2 Å². The van der Waals surface area contributed by atoms with Crippen molar-refractivity contribution in [2.24, 2.45) is 0 Å². The highest BCUT2D eigenvalue weighted by Crippen LogP contribution is 2.22. The molecule has 0 heterocycles. The van der Waals surface area contributed by atoms with E-state index in [4.69, 9.17) is 16.3 Å². The van der Waals surface area contributed by atoms with Gasteiger partial charge in [0.05, 0.1) is 13.1 Å². The number of hydrogen-bond acceptors (Lipinski definition) is 3. The Labute approximate surface area is 141 Å². The number of carbonyl (C=O) groups is 1. The predicted molar refractivity (Wildman–Crippen MR) is 94.4 cm³/mol. The van der Waals surface area contributed by atoms with Crippen LogP contribution in [0.15, 0.2) is 42.5 Å². The van der Waals surface area contributed by atoms with Crippen molar-refractivity contribution >= 4 is 23.2 Å². The molecule has 5 heteroatoms. The van der Waals surface area contributed by atoms with Gasteiger partial charge in [-0.25, -0.2) is 0 Å². The molecule has 2 aromatic rings. The molecule has 0 spiro atoms. The van der Waals surface area contributed by atoms with Crippen LogP contribution >= 0.6 is 11.6 Å². The lowest BCUT2D eigenvalue weighted by Crippen LogP contribution is -2.33. The van der Waals surface area contributed by atoms with Gasteiger partial charge in [-0.2, -0.15) is 0 Å². The summed E-state index contributed by atoms with van der Waals surface area (Å²) >= 11 is 6.04. The second kappa shape index (κ2) is 8.44. The topological polar surface area (TPSA) is 50.4 Å². The van der Waals surface area contributed by atoms with Crippen LogP contribution in [0.1, 0.15) is 11.1 Å². The molecule has 122 valence electrons. The molecular formula is C18H21ClN2O2. The summed E-state index contributed by atoms with van der Waals surface area (Å²) in [6, 6.07) is 13.4. The van der Waals surface area contributed by atoms with Crippen LogP contribution in [0.25, 0.3) is 0 Å². The smallest absolute Gasteiger partial charge is 0.239 e. The first-order valence-corrected chi connectivity index (χ1v) is 7.89. The second-order valence-electron chi connectivity index (χ2n) is 5.28. The number of aryl methyl sites for hydroxylation is 1. The average Bonchev–Trinajstić information content (AvgIpc) is 2.53. The number of anilines is 1. The lowest BCUT2D eigenvalue weighted by molar-refractivity contribution is -0.119. The Bertz CT molecular complexity index is 674. The summed E-state index contributed by atoms with van der Waals surface area (Å²) in [6.45, 7) is 5.02. The van der Waals surface area contributed by atoms with Gasteiger partial charge in [0, 0.05) is 10.7 Å². The minimum atomic E-state index is -0.0859. The van der Waals surface area contributed by atoms with Crippen molar-refractivity contribution in [3.8, 4) is 5.75 Å². The Kier molecular flexibility index (Phi) is 6.29. The van der Waals surface area contributed by atoms with Crippen molar-refractivity contribution in [1.82, 2.24) is 5.32 Å². The number of benzene rings is 2. The van der Waals surface area contributed by atoms with Crippen molar-refractivity contribution in [2.45, 2.75) is 13.8 Å². The highest BCUT2D eigenvalue weighted by molar-refractivity contribution is 6.31. The Morgan fingerprint density at radius 2 is 1.96 bits per heavy atom. The van der Waals surface area contributed by atoms with Gasteiger partial charge in [-0.15, -0.1) is 0 Å². The number of nitrogens with one attached hydrogen (secondary N) is 2. The van der Waals surface area contributed by atoms with Crippen molar-refractivity contribution < 1.29 is 9.53 Å². The molecule has 2 rings (SSSR count). The number of halogens is 1. The van der Waals surface area contributed by atoms with Crippen LogP contribution < -0.4 is 15.4 Å². The lowest BCUT2D eigenvalue weighted by atomic mass is 10.2. The Morgan fingerprint density at radius 3 is 2.74 bits per heavy atom. The molecule has 0 aliphatic heterocycles. The van der Waals surface area contributed by atoms with Crippen molar-refractivity contribution in [3.63, 3.8) is 0 Å². The highest BCUT2D eigenvalue weighted by Gasteiger charge is 2.04. The Hall–Kier alpha value is -2.20. The maximum absolute atomic E-state index is 11.8. The normalized spacial score (nSPS) is 10.2. The number of rotatable bonds is 7. The second-order valence-corrected chi connectivity index (χ2v) is 5.69. The van der Waals surface area contributed by atoms with Crippen LogP contribution in [0.5, 0.6) is 5.75 Å². The van der Waals surface area contributed by atoms with Gasteiger partial charge in [0.15, 0.2) is 0 Å². The van der Waals surface area contributed by atoms with Gasteiger partial charge in [-0.05, 0) is 49.2 Å². The maximum atomic E-state index is 11.8. The summed E-state index contributed by atoms with van der Waals surface area (Å²) in [5.74, 6) is 0.726. The minimum Gasteiger partial charge on any atom is -0.492 e. The van der Waals surface area contributed by atoms with Crippen molar-refractivity contribution in [2.75, 3.05) is 25.0 Å². The molecule has 0 saturated carbocycles. The van der Waals surface area contributed by atoms with E-state index in [1.807, 2.05) is 56.3 Å². The molecule has 0 saturated heterocycles. The molecule has 0 unspecified atom stereocenters. The summed E-state index contributed by atoms with van der Waals surface area (Å²) in [5, 5.41) is 6.58. The molecule has 0 aliphatic carbocycles. The van der Waals surface area contributed by atoms with Gasteiger partial charge in [-0.1, -0.05) is 29.8 Å². The first-order valence-electron chi connectivity index (χ1n) is 7.51. The fourth-order valence-electron chi connectivity index (χ4n) is 2.10. The van der Waals surface area contributed by atoms with Gasteiger partial charge in [0.1, 0.15) is 12.4 Å². The number of hydrogen-bond donors (Lipinski definition) is 2. The summed E-state index contributed by atoms with van der Waals surface area (Å²) in [5.41, 5.74) is 2.95. The molecule has 0 atom stereocenters. The zero-order chi connectivity index (χ0) is 16.7.